The Morgan fingerprint density at radius 1 is 1.14 bits per heavy atom. The van der Waals surface area contributed by atoms with Gasteiger partial charge in [0.25, 0.3) is 0 Å². The van der Waals surface area contributed by atoms with Crippen LogP contribution < -0.4 is 10.6 Å². The van der Waals surface area contributed by atoms with Gasteiger partial charge in [0.1, 0.15) is 0 Å². The number of nitrogens with zero attached hydrogens (tertiary/aromatic N) is 2. The zero-order valence-electron chi connectivity index (χ0n) is 18.8. The van der Waals surface area contributed by atoms with Gasteiger partial charge in [-0.2, -0.15) is 0 Å². The number of hydrogen-bond donors (Lipinski definition) is 2. The van der Waals surface area contributed by atoms with Gasteiger partial charge in [0.2, 0.25) is 0 Å². The summed E-state index contributed by atoms with van der Waals surface area (Å²) in [5.74, 6) is 0.887. The van der Waals surface area contributed by atoms with E-state index < -0.39 is 0 Å². The molecule has 1 aromatic carbocycles. The van der Waals surface area contributed by atoms with Crippen LogP contribution in [0.5, 0.6) is 0 Å². The number of nitrogens with one attached hydrogen (secondary N) is 2. The van der Waals surface area contributed by atoms with Crippen molar-refractivity contribution in [2.75, 3.05) is 40.4 Å². The highest BCUT2D eigenvalue weighted by atomic mass is 127. The third-order valence-electron chi connectivity index (χ3n) is 6.11. The SMILES string of the molecule is CCN(CC)Cc1cccc(CNC(=NC)NCC2(CCOC)CCCC2)c1.I. The molecule has 29 heavy (non-hydrogen) atoms. The van der Waals surface area contributed by atoms with E-state index in [1.165, 1.54) is 36.8 Å². The van der Waals surface area contributed by atoms with Crippen LogP contribution in [0.1, 0.15) is 57.1 Å². The Morgan fingerprint density at radius 2 is 1.83 bits per heavy atom. The Balaban J connectivity index is 0.00000420. The Hall–Kier alpha value is -0.860. The number of rotatable bonds is 11. The third kappa shape index (κ3) is 8.80. The lowest BCUT2D eigenvalue weighted by molar-refractivity contribution is 0.138. The van der Waals surface area contributed by atoms with Crippen molar-refractivity contribution in [2.45, 2.75) is 59.0 Å². The molecule has 0 amide bonds. The lowest BCUT2D eigenvalue weighted by Gasteiger charge is -2.30. The van der Waals surface area contributed by atoms with Gasteiger partial charge in [-0.25, -0.2) is 0 Å². The first-order valence-corrected chi connectivity index (χ1v) is 10.9. The molecule has 0 spiro atoms. The van der Waals surface area contributed by atoms with E-state index >= 15 is 0 Å². The zero-order chi connectivity index (χ0) is 20.2. The molecule has 1 aliphatic rings. The van der Waals surface area contributed by atoms with Crippen molar-refractivity contribution in [1.29, 1.82) is 0 Å². The molecule has 0 unspecified atom stereocenters. The molecule has 0 aliphatic heterocycles. The number of aliphatic imine (C=N–C) groups is 1. The summed E-state index contributed by atoms with van der Waals surface area (Å²) < 4.78 is 5.34. The number of ether oxygens (including phenoxy) is 1. The van der Waals surface area contributed by atoms with Crippen LogP contribution in [0.15, 0.2) is 29.3 Å². The van der Waals surface area contributed by atoms with Crippen LogP contribution in [-0.4, -0.2) is 51.3 Å². The van der Waals surface area contributed by atoms with Crippen molar-refractivity contribution in [2.24, 2.45) is 10.4 Å². The van der Waals surface area contributed by atoms with E-state index in [0.717, 1.165) is 51.7 Å². The summed E-state index contributed by atoms with van der Waals surface area (Å²) in [4.78, 5) is 6.87. The second-order valence-electron chi connectivity index (χ2n) is 8.01. The summed E-state index contributed by atoms with van der Waals surface area (Å²) in [6.07, 6.45) is 6.36. The average molecular weight is 517 g/mol. The third-order valence-corrected chi connectivity index (χ3v) is 6.11. The zero-order valence-corrected chi connectivity index (χ0v) is 21.1. The summed E-state index contributed by atoms with van der Waals surface area (Å²) in [7, 11) is 3.65. The highest BCUT2D eigenvalue weighted by molar-refractivity contribution is 14.0. The predicted molar refractivity (Wildman–Crippen MR) is 134 cm³/mol. The quantitative estimate of drug-likeness (QED) is 0.260. The average Bonchev–Trinajstić information content (AvgIpc) is 3.20. The number of halogens is 1. The van der Waals surface area contributed by atoms with Gasteiger partial charge >= 0.3 is 0 Å². The van der Waals surface area contributed by atoms with Gasteiger partial charge in [-0.05, 0) is 48.9 Å². The van der Waals surface area contributed by atoms with Crippen LogP contribution in [0, 0.1) is 5.41 Å². The maximum atomic E-state index is 5.34. The maximum Gasteiger partial charge on any atom is 0.191 e. The highest BCUT2D eigenvalue weighted by Gasteiger charge is 2.33. The van der Waals surface area contributed by atoms with E-state index in [4.69, 9.17) is 4.74 Å². The summed E-state index contributed by atoms with van der Waals surface area (Å²) in [6.45, 7) is 10.2. The molecule has 0 saturated heterocycles. The standard InChI is InChI=1S/C23H40N4O.HI/c1-5-27(6-2)18-21-11-9-10-20(16-21)17-25-22(24-3)26-19-23(14-15-28-4)12-7-8-13-23;/h9-11,16H,5-8,12-15,17-19H2,1-4H3,(H2,24,25,26);1H. The predicted octanol–water partition coefficient (Wildman–Crippen LogP) is 4.41. The fourth-order valence-corrected chi connectivity index (χ4v) is 4.18. The van der Waals surface area contributed by atoms with Crippen LogP contribution in [0.25, 0.3) is 0 Å². The molecule has 2 N–H and O–H groups in total. The normalized spacial score (nSPS) is 16.0. The fraction of sp³-hybridized carbons (Fsp3) is 0.696. The van der Waals surface area contributed by atoms with Gasteiger partial charge in [0.05, 0.1) is 0 Å². The van der Waals surface area contributed by atoms with Crippen LogP contribution in [0.2, 0.25) is 0 Å². The molecule has 6 heteroatoms. The lowest BCUT2D eigenvalue weighted by atomic mass is 9.83. The Labute approximate surface area is 195 Å². The minimum atomic E-state index is 0. The molecular formula is C23H41IN4O. The number of methoxy groups -OCH3 is 1. The Kier molecular flexibility index (Phi) is 12.8. The molecule has 2 rings (SSSR count). The summed E-state index contributed by atoms with van der Waals surface area (Å²) >= 11 is 0. The number of guanidine groups is 1. The first-order valence-electron chi connectivity index (χ1n) is 10.9. The summed E-state index contributed by atoms with van der Waals surface area (Å²) in [6, 6.07) is 8.86. The van der Waals surface area contributed by atoms with Gasteiger partial charge < -0.3 is 15.4 Å². The number of benzene rings is 1. The molecule has 0 radical (unpaired) electrons. The molecule has 0 atom stereocenters. The first-order chi connectivity index (χ1) is 13.6. The highest BCUT2D eigenvalue weighted by Crippen LogP contribution is 2.40. The molecule has 0 heterocycles. The van der Waals surface area contributed by atoms with E-state index in [2.05, 4.69) is 58.6 Å². The second-order valence-corrected chi connectivity index (χ2v) is 8.01. The molecular weight excluding hydrogens is 475 g/mol. The molecule has 5 nitrogen and oxygen atoms in total. The van der Waals surface area contributed by atoms with Gasteiger partial charge in [-0.15, -0.1) is 24.0 Å². The summed E-state index contributed by atoms with van der Waals surface area (Å²) in [5.41, 5.74) is 3.02. The van der Waals surface area contributed by atoms with Crippen LogP contribution in [0.4, 0.5) is 0 Å². The fourth-order valence-electron chi connectivity index (χ4n) is 4.18. The largest absolute Gasteiger partial charge is 0.385 e. The van der Waals surface area contributed by atoms with Gasteiger partial charge in [0, 0.05) is 40.4 Å². The van der Waals surface area contributed by atoms with Crippen LogP contribution in [0.3, 0.4) is 0 Å². The van der Waals surface area contributed by atoms with Crippen molar-refractivity contribution in [3.63, 3.8) is 0 Å². The Morgan fingerprint density at radius 3 is 2.45 bits per heavy atom. The number of hydrogen-bond acceptors (Lipinski definition) is 3. The Bertz CT molecular complexity index is 598. The van der Waals surface area contributed by atoms with Crippen LogP contribution in [-0.2, 0) is 17.8 Å². The molecule has 1 fully saturated rings. The van der Waals surface area contributed by atoms with Gasteiger partial charge in [-0.3, -0.25) is 9.89 Å². The second kappa shape index (κ2) is 14.2. The first kappa shape index (κ1) is 26.2. The van der Waals surface area contributed by atoms with Crippen LogP contribution >= 0.6 is 24.0 Å². The van der Waals surface area contributed by atoms with E-state index in [0.29, 0.717) is 5.41 Å². The molecule has 1 aliphatic carbocycles. The minimum Gasteiger partial charge on any atom is -0.385 e. The molecule has 1 saturated carbocycles. The monoisotopic (exact) mass is 516 g/mol. The molecule has 0 bridgehead atoms. The van der Waals surface area contributed by atoms with Crippen molar-refractivity contribution in [3.8, 4) is 0 Å². The maximum absolute atomic E-state index is 5.34. The van der Waals surface area contributed by atoms with Gasteiger partial charge in [-0.1, -0.05) is 51.0 Å². The minimum absolute atomic E-state index is 0. The van der Waals surface area contributed by atoms with E-state index in [1.54, 1.807) is 7.11 Å². The van der Waals surface area contributed by atoms with Crippen molar-refractivity contribution < 1.29 is 4.74 Å². The molecule has 1 aromatic rings. The lowest BCUT2D eigenvalue weighted by Crippen LogP contribution is -2.43. The van der Waals surface area contributed by atoms with E-state index in [-0.39, 0.29) is 24.0 Å². The van der Waals surface area contributed by atoms with Crippen molar-refractivity contribution in [1.82, 2.24) is 15.5 Å². The van der Waals surface area contributed by atoms with Crippen molar-refractivity contribution in [3.05, 3.63) is 35.4 Å². The van der Waals surface area contributed by atoms with Crippen molar-refractivity contribution >= 4 is 29.9 Å². The topological polar surface area (TPSA) is 48.9 Å². The summed E-state index contributed by atoms with van der Waals surface area (Å²) in [5, 5.41) is 7.06. The van der Waals surface area contributed by atoms with E-state index in [1.807, 2.05) is 7.05 Å². The van der Waals surface area contributed by atoms with E-state index in [9.17, 15) is 0 Å². The van der Waals surface area contributed by atoms with Gasteiger partial charge in [0.15, 0.2) is 5.96 Å². The molecule has 0 aromatic heterocycles. The smallest absolute Gasteiger partial charge is 0.191 e. The molecule has 166 valence electrons.